The van der Waals surface area contributed by atoms with Gasteiger partial charge in [0.2, 0.25) is 0 Å². The summed E-state index contributed by atoms with van der Waals surface area (Å²) in [7, 11) is 1.58. The number of aliphatic hydroxyl groups is 1. The molecule has 1 unspecified atom stereocenters. The van der Waals surface area contributed by atoms with E-state index in [4.69, 9.17) is 9.47 Å². The van der Waals surface area contributed by atoms with Gasteiger partial charge >= 0.3 is 0 Å². The minimum absolute atomic E-state index is 0.593. The third-order valence-electron chi connectivity index (χ3n) is 3.29. The van der Waals surface area contributed by atoms with Crippen molar-refractivity contribution in [3.05, 3.63) is 41.7 Å². The molecule has 0 bridgehead atoms. The molecular formula is C16H22N2O3. The highest BCUT2D eigenvalue weighted by Crippen LogP contribution is 2.30. The minimum Gasteiger partial charge on any atom is -0.494 e. The van der Waals surface area contributed by atoms with Crippen molar-refractivity contribution >= 4 is 0 Å². The van der Waals surface area contributed by atoms with Crippen LogP contribution in [0, 0.1) is 0 Å². The van der Waals surface area contributed by atoms with E-state index in [1.54, 1.807) is 18.0 Å². The van der Waals surface area contributed by atoms with Gasteiger partial charge < -0.3 is 14.6 Å². The summed E-state index contributed by atoms with van der Waals surface area (Å²) >= 11 is 0. The van der Waals surface area contributed by atoms with Gasteiger partial charge in [-0.1, -0.05) is 19.1 Å². The Morgan fingerprint density at radius 1 is 1.24 bits per heavy atom. The molecule has 5 heteroatoms. The molecule has 0 saturated carbocycles. The van der Waals surface area contributed by atoms with Gasteiger partial charge in [-0.3, -0.25) is 4.68 Å². The summed E-state index contributed by atoms with van der Waals surface area (Å²) in [5, 5.41) is 14.8. The van der Waals surface area contributed by atoms with Crippen LogP contribution in [0.1, 0.15) is 37.6 Å². The van der Waals surface area contributed by atoms with E-state index in [1.807, 2.05) is 31.2 Å². The lowest BCUT2D eigenvalue weighted by Gasteiger charge is -2.15. The molecule has 1 atom stereocenters. The molecule has 2 aromatic rings. The molecule has 0 aliphatic rings. The van der Waals surface area contributed by atoms with Crippen LogP contribution in [0.4, 0.5) is 0 Å². The van der Waals surface area contributed by atoms with Crippen LogP contribution in [0.5, 0.6) is 11.5 Å². The summed E-state index contributed by atoms with van der Waals surface area (Å²) < 4.78 is 12.6. The number of aryl methyl sites for hydroxylation is 1. The van der Waals surface area contributed by atoms with Gasteiger partial charge in [-0.2, -0.15) is 5.10 Å². The summed E-state index contributed by atoms with van der Waals surface area (Å²) in [6.45, 7) is 5.41. The summed E-state index contributed by atoms with van der Waals surface area (Å²) in [4.78, 5) is 0. The zero-order valence-electron chi connectivity index (χ0n) is 12.7. The molecule has 0 saturated heterocycles. The van der Waals surface area contributed by atoms with Crippen LogP contribution in [0.2, 0.25) is 0 Å². The van der Waals surface area contributed by atoms with Gasteiger partial charge in [0.25, 0.3) is 0 Å². The number of rotatable bonds is 7. The first-order valence-corrected chi connectivity index (χ1v) is 7.21. The molecule has 114 valence electrons. The highest BCUT2D eigenvalue weighted by atomic mass is 16.5. The zero-order chi connectivity index (χ0) is 15.2. The predicted octanol–water partition coefficient (Wildman–Crippen LogP) is 2.78. The van der Waals surface area contributed by atoms with E-state index in [0.717, 1.165) is 17.7 Å². The maximum atomic E-state index is 10.6. The number of aliphatic hydroxyl groups excluding tert-OH is 1. The average Bonchev–Trinajstić information content (AvgIpc) is 2.95. The number of ether oxygens (including phenoxy) is 2. The Morgan fingerprint density at radius 2 is 1.95 bits per heavy atom. The monoisotopic (exact) mass is 290 g/mol. The molecule has 21 heavy (non-hydrogen) atoms. The SMILES string of the molecule is CCCOc1ccc(C(O)c2c(OC)cnn2CC)cc1. The molecule has 0 fully saturated rings. The summed E-state index contributed by atoms with van der Waals surface area (Å²) in [6.07, 6.45) is 1.82. The van der Waals surface area contributed by atoms with Gasteiger partial charge in [0.1, 0.15) is 17.5 Å². The quantitative estimate of drug-likeness (QED) is 0.852. The van der Waals surface area contributed by atoms with Crippen LogP contribution in [-0.4, -0.2) is 28.6 Å². The topological polar surface area (TPSA) is 56.5 Å². The van der Waals surface area contributed by atoms with Gasteiger partial charge in [0, 0.05) is 6.54 Å². The lowest BCUT2D eigenvalue weighted by Crippen LogP contribution is -2.10. The van der Waals surface area contributed by atoms with Crippen molar-refractivity contribution in [1.29, 1.82) is 0 Å². The second kappa shape index (κ2) is 7.13. The molecule has 1 aromatic carbocycles. The van der Waals surface area contributed by atoms with Crippen molar-refractivity contribution in [3.8, 4) is 11.5 Å². The smallest absolute Gasteiger partial charge is 0.163 e. The Labute approximate surface area is 125 Å². The van der Waals surface area contributed by atoms with Crippen LogP contribution >= 0.6 is 0 Å². The van der Waals surface area contributed by atoms with Gasteiger partial charge in [-0.25, -0.2) is 0 Å². The summed E-state index contributed by atoms with van der Waals surface area (Å²) in [5.41, 5.74) is 1.45. The van der Waals surface area contributed by atoms with Crippen LogP contribution in [0.15, 0.2) is 30.5 Å². The minimum atomic E-state index is -0.775. The second-order valence-electron chi connectivity index (χ2n) is 4.73. The molecule has 5 nitrogen and oxygen atoms in total. The Balaban J connectivity index is 2.23. The number of methoxy groups -OCH3 is 1. The van der Waals surface area contributed by atoms with Crippen molar-refractivity contribution in [1.82, 2.24) is 9.78 Å². The first-order valence-electron chi connectivity index (χ1n) is 7.21. The van der Waals surface area contributed by atoms with Crippen molar-refractivity contribution < 1.29 is 14.6 Å². The van der Waals surface area contributed by atoms with Gasteiger partial charge in [0.15, 0.2) is 5.75 Å². The van der Waals surface area contributed by atoms with Crippen molar-refractivity contribution in [3.63, 3.8) is 0 Å². The molecule has 1 N–H and O–H groups in total. The van der Waals surface area contributed by atoms with E-state index < -0.39 is 6.10 Å². The van der Waals surface area contributed by atoms with Crippen LogP contribution in [0.25, 0.3) is 0 Å². The van der Waals surface area contributed by atoms with Gasteiger partial charge in [-0.05, 0) is 31.0 Å². The highest BCUT2D eigenvalue weighted by Gasteiger charge is 2.21. The normalized spacial score (nSPS) is 12.2. The Hall–Kier alpha value is -2.01. The maximum Gasteiger partial charge on any atom is 0.163 e. The third-order valence-corrected chi connectivity index (χ3v) is 3.29. The Morgan fingerprint density at radius 3 is 2.52 bits per heavy atom. The number of aromatic nitrogens is 2. The van der Waals surface area contributed by atoms with E-state index in [0.29, 0.717) is 24.6 Å². The van der Waals surface area contributed by atoms with Crippen LogP contribution in [0.3, 0.4) is 0 Å². The molecule has 0 amide bonds. The largest absolute Gasteiger partial charge is 0.494 e. The number of hydrogen-bond acceptors (Lipinski definition) is 4. The Bertz CT molecular complexity index is 542. The molecule has 0 aliphatic heterocycles. The molecule has 1 heterocycles. The number of benzene rings is 1. The van der Waals surface area contributed by atoms with E-state index in [9.17, 15) is 5.11 Å². The molecule has 0 spiro atoms. The summed E-state index contributed by atoms with van der Waals surface area (Å²) in [5.74, 6) is 1.40. The van der Waals surface area contributed by atoms with Crippen molar-refractivity contribution in [2.24, 2.45) is 0 Å². The molecular weight excluding hydrogens is 268 g/mol. The molecule has 1 aromatic heterocycles. The van der Waals surface area contributed by atoms with Crippen molar-refractivity contribution in [2.45, 2.75) is 32.9 Å². The highest BCUT2D eigenvalue weighted by molar-refractivity contribution is 5.37. The molecule has 2 rings (SSSR count). The van der Waals surface area contributed by atoms with E-state index in [1.165, 1.54) is 0 Å². The molecule has 0 radical (unpaired) electrons. The lowest BCUT2D eigenvalue weighted by atomic mass is 10.1. The van der Waals surface area contributed by atoms with E-state index in [-0.39, 0.29) is 0 Å². The van der Waals surface area contributed by atoms with E-state index in [2.05, 4.69) is 12.0 Å². The van der Waals surface area contributed by atoms with Crippen LogP contribution in [-0.2, 0) is 6.54 Å². The van der Waals surface area contributed by atoms with E-state index >= 15 is 0 Å². The number of nitrogens with zero attached hydrogens (tertiary/aromatic N) is 2. The van der Waals surface area contributed by atoms with Crippen molar-refractivity contribution in [2.75, 3.05) is 13.7 Å². The first-order chi connectivity index (χ1) is 10.2. The van der Waals surface area contributed by atoms with Gasteiger partial charge in [0.05, 0.1) is 19.9 Å². The molecule has 0 aliphatic carbocycles. The fourth-order valence-corrected chi connectivity index (χ4v) is 2.19. The number of hydrogen-bond donors (Lipinski definition) is 1. The predicted molar refractivity (Wildman–Crippen MR) is 80.7 cm³/mol. The standard InChI is InChI=1S/C16H22N2O3/c1-4-10-21-13-8-6-12(7-9-13)16(19)15-14(20-3)11-17-18(15)5-2/h6-9,11,16,19H,4-5,10H2,1-3H3. The average molecular weight is 290 g/mol. The lowest BCUT2D eigenvalue weighted by molar-refractivity contribution is 0.202. The van der Waals surface area contributed by atoms with Gasteiger partial charge in [-0.15, -0.1) is 0 Å². The maximum absolute atomic E-state index is 10.6. The Kier molecular flexibility index (Phi) is 5.22. The van der Waals surface area contributed by atoms with Crippen LogP contribution < -0.4 is 9.47 Å². The first kappa shape index (κ1) is 15.4. The fourth-order valence-electron chi connectivity index (χ4n) is 2.19. The second-order valence-corrected chi connectivity index (χ2v) is 4.73. The fraction of sp³-hybridized carbons (Fsp3) is 0.438. The third kappa shape index (κ3) is 3.36. The zero-order valence-corrected chi connectivity index (χ0v) is 12.7. The summed E-state index contributed by atoms with van der Waals surface area (Å²) in [6, 6.07) is 7.46.